The molecule has 0 amide bonds. The Kier molecular flexibility index (Phi) is 5.72. The van der Waals surface area contributed by atoms with E-state index in [4.69, 9.17) is 16.2 Å². The summed E-state index contributed by atoms with van der Waals surface area (Å²) < 4.78 is 28.6. The van der Waals surface area contributed by atoms with Crippen LogP contribution in [0.3, 0.4) is 0 Å². The van der Waals surface area contributed by atoms with Crippen molar-refractivity contribution in [3.63, 3.8) is 0 Å². The average molecular weight is 225 g/mol. The van der Waals surface area contributed by atoms with E-state index in [-0.39, 0.29) is 6.61 Å². The van der Waals surface area contributed by atoms with Crippen LogP contribution in [0.5, 0.6) is 0 Å². The zero-order valence-corrected chi connectivity index (χ0v) is 8.11. The molecule has 0 aliphatic heterocycles. The quantitative estimate of drug-likeness (QED) is 0.249. The van der Waals surface area contributed by atoms with E-state index < -0.39 is 31.1 Å². The molecule has 0 spiro atoms. The predicted molar refractivity (Wildman–Crippen MR) is 47.3 cm³/mol. The normalized spacial score (nSPS) is 12.4. The summed E-state index contributed by atoms with van der Waals surface area (Å²) >= 11 is 0. The maximum absolute atomic E-state index is 12.1. The van der Waals surface area contributed by atoms with Crippen LogP contribution in [0.4, 0.5) is 8.78 Å². The molecule has 0 aromatic carbocycles. The van der Waals surface area contributed by atoms with E-state index in [0.29, 0.717) is 4.90 Å². The van der Waals surface area contributed by atoms with Crippen molar-refractivity contribution in [2.75, 3.05) is 13.2 Å². The Morgan fingerprint density at radius 2 is 2.20 bits per heavy atom. The molecule has 0 saturated heterocycles. The Hall–Kier alpha value is -1.28. The van der Waals surface area contributed by atoms with Crippen molar-refractivity contribution in [1.29, 1.82) is 5.41 Å². The topological polar surface area (TPSA) is 99.6 Å². The lowest BCUT2D eigenvalue weighted by Crippen LogP contribution is -2.50. The minimum atomic E-state index is -3.11. The van der Waals surface area contributed by atoms with Crippen LogP contribution < -0.4 is 5.73 Å². The lowest BCUT2D eigenvalue weighted by Gasteiger charge is -2.25. The molecule has 88 valence electrons. The second-order valence-corrected chi connectivity index (χ2v) is 2.53. The molecule has 0 rings (SSSR count). The van der Waals surface area contributed by atoms with Crippen LogP contribution in [0.2, 0.25) is 0 Å². The molecule has 0 radical (unpaired) electrons. The maximum Gasteiger partial charge on any atom is 0.325 e. The van der Waals surface area contributed by atoms with Crippen molar-refractivity contribution in [2.24, 2.45) is 5.73 Å². The van der Waals surface area contributed by atoms with E-state index in [1.54, 1.807) is 6.92 Å². The number of rotatable bonds is 5. The zero-order valence-electron chi connectivity index (χ0n) is 8.11. The molecule has 0 heterocycles. The second kappa shape index (κ2) is 6.25. The average Bonchev–Trinajstić information content (AvgIpc) is 2.13. The number of nitrogens with one attached hydrogen (secondary N) is 1. The number of hydrogen-bond acceptors (Lipinski definition) is 5. The molecule has 1 unspecified atom stereocenters. The summed E-state index contributed by atoms with van der Waals surface area (Å²) in [4.78, 5) is 11.3. The number of carbonyl (C=O) groups is 1. The molecule has 4 N–H and O–H groups in total. The highest BCUT2D eigenvalue weighted by Gasteiger charge is 2.25. The van der Waals surface area contributed by atoms with Gasteiger partial charge in [-0.2, -0.15) is 0 Å². The molecule has 8 heteroatoms. The number of halogens is 2. The number of nitrogens with zero attached hydrogens (tertiary/aromatic N) is 1. The van der Waals surface area contributed by atoms with Crippen LogP contribution in [0.15, 0.2) is 0 Å². The van der Waals surface area contributed by atoms with Crippen molar-refractivity contribution in [2.45, 2.75) is 19.7 Å². The summed E-state index contributed by atoms with van der Waals surface area (Å²) in [6.07, 6.45) is -4.95. The Balaban J connectivity index is 4.41. The molecule has 0 aliphatic rings. The third-order valence-electron chi connectivity index (χ3n) is 1.44. The summed E-state index contributed by atoms with van der Waals surface area (Å²) in [5.74, 6) is -2.06. The van der Waals surface area contributed by atoms with E-state index in [9.17, 15) is 13.6 Å². The molecule has 0 aromatic heterocycles. The van der Waals surface area contributed by atoms with Crippen LogP contribution >= 0.6 is 0 Å². The number of carbonyl (C=O) groups excluding carboxylic acids is 1. The van der Waals surface area contributed by atoms with Crippen molar-refractivity contribution in [3.05, 3.63) is 0 Å². The molecule has 0 bridgehead atoms. The maximum atomic E-state index is 12.1. The first kappa shape index (κ1) is 13.7. The number of aliphatic hydroxyl groups excluding tert-OH is 1. The standard InChI is InChI=1S/C7H13F2N3O3/c1-2-15-4(13)3-12(7(11)14)6(10)5(8)9/h5,7,10,14H,2-3,11H2,1H3. The van der Waals surface area contributed by atoms with Gasteiger partial charge in [0.25, 0.3) is 6.43 Å². The Labute approximate surface area is 85.1 Å². The second-order valence-electron chi connectivity index (χ2n) is 2.53. The largest absolute Gasteiger partial charge is 0.465 e. The zero-order chi connectivity index (χ0) is 12.0. The third-order valence-corrected chi connectivity index (χ3v) is 1.44. The highest BCUT2D eigenvalue weighted by Crippen LogP contribution is 2.03. The monoisotopic (exact) mass is 225 g/mol. The van der Waals surface area contributed by atoms with Gasteiger partial charge in [0, 0.05) is 0 Å². The smallest absolute Gasteiger partial charge is 0.325 e. The summed E-state index contributed by atoms with van der Waals surface area (Å²) in [6.45, 7) is 0.934. The first-order valence-corrected chi connectivity index (χ1v) is 4.12. The van der Waals surface area contributed by atoms with Crippen LogP contribution in [0, 0.1) is 5.41 Å². The van der Waals surface area contributed by atoms with E-state index in [0.717, 1.165) is 0 Å². The summed E-state index contributed by atoms with van der Waals surface area (Å²) in [5.41, 5.74) is 4.92. The molecule has 0 aromatic rings. The molecule has 0 saturated carbocycles. The van der Waals surface area contributed by atoms with E-state index in [2.05, 4.69) is 4.74 Å². The van der Waals surface area contributed by atoms with Gasteiger partial charge in [0.1, 0.15) is 6.54 Å². The van der Waals surface area contributed by atoms with Crippen LogP contribution in [-0.2, 0) is 9.53 Å². The van der Waals surface area contributed by atoms with Gasteiger partial charge >= 0.3 is 5.97 Å². The summed E-state index contributed by atoms with van der Waals surface area (Å²) in [5, 5.41) is 15.8. The molecular formula is C7H13F2N3O3. The predicted octanol–water partition coefficient (Wildman–Crippen LogP) is -0.672. The Bertz CT molecular complexity index is 236. The highest BCUT2D eigenvalue weighted by molar-refractivity contribution is 5.86. The first-order chi connectivity index (χ1) is 6.90. The number of hydrogen-bond donors (Lipinski definition) is 3. The van der Waals surface area contributed by atoms with Gasteiger partial charge in [0.2, 0.25) is 0 Å². The number of amidine groups is 1. The van der Waals surface area contributed by atoms with Gasteiger partial charge in [-0.15, -0.1) is 0 Å². The van der Waals surface area contributed by atoms with E-state index >= 15 is 0 Å². The van der Waals surface area contributed by atoms with Gasteiger partial charge in [-0.3, -0.25) is 15.9 Å². The fourth-order valence-corrected chi connectivity index (χ4v) is 0.792. The van der Waals surface area contributed by atoms with Gasteiger partial charge in [-0.25, -0.2) is 8.78 Å². The molecule has 1 atom stereocenters. The number of alkyl halides is 2. The van der Waals surface area contributed by atoms with Gasteiger partial charge < -0.3 is 14.7 Å². The first-order valence-electron chi connectivity index (χ1n) is 4.12. The molecule has 0 fully saturated rings. The summed E-state index contributed by atoms with van der Waals surface area (Å²) in [7, 11) is 0. The van der Waals surface area contributed by atoms with Crippen molar-refractivity contribution in [1.82, 2.24) is 4.90 Å². The lowest BCUT2D eigenvalue weighted by molar-refractivity contribution is -0.145. The molecule has 6 nitrogen and oxygen atoms in total. The number of aliphatic hydroxyl groups is 1. The lowest BCUT2D eigenvalue weighted by atomic mass is 10.4. The third kappa shape index (κ3) is 4.66. The van der Waals surface area contributed by atoms with Crippen molar-refractivity contribution < 1.29 is 23.4 Å². The van der Waals surface area contributed by atoms with Crippen LogP contribution in [0.1, 0.15) is 6.92 Å². The fraction of sp³-hybridized carbons (Fsp3) is 0.714. The van der Waals surface area contributed by atoms with Crippen molar-refractivity contribution in [3.8, 4) is 0 Å². The van der Waals surface area contributed by atoms with Crippen molar-refractivity contribution >= 4 is 11.8 Å². The van der Waals surface area contributed by atoms with Crippen LogP contribution in [-0.4, -0.2) is 47.7 Å². The molecule has 15 heavy (non-hydrogen) atoms. The van der Waals surface area contributed by atoms with E-state index in [1.807, 2.05) is 0 Å². The number of nitrogens with two attached hydrogens (primary N) is 1. The SMILES string of the molecule is CCOC(=O)CN(C(=N)C(F)F)C(N)O. The summed E-state index contributed by atoms with van der Waals surface area (Å²) in [6, 6.07) is 0. The number of ether oxygens (including phenoxy) is 1. The molecular weight excluding hydrogens is 212 g/mol. The van der Waals surface area contributed by atoms with Crippen LogP contribution in [0.25, 0.3) is 0 Å². The fourth-order valence-electron chi connectivity index (χ4n) is 0.792. The van der Waals surface area contributed by atoms with E-state index in [1.165, 1.54) is 0 Å². The van der Waals surface area contributed by atoms with Gasteiger partial charge in [0.05, 0.1) is 6.61 Å². The minimum Gasteiger partial charge on any atom is -0.465 e. The minimum absolute atomic E-state index is 0.0787. The van der Waals surface area contributed by atoms with Gasteiger partial charge in [-0.05, 0) is 6.92 Å². The Morgan fingerprint density at radius 3 is 2.53 bits per heavy atom. The number of esters is 1. The highest BCUT2D eigenvalue weighted by atomic mass is 19.3. The Morgan fingerprint density at radius 1 is 1.67 bits per heavy atom. The van der Waals surface area contributed by atoms with Gasteiger partial charge in [0.15, 0.2) is 12.2 Å². The molecule has 0 aliphatic carbocycles. The van der Waals surface area contributed by atoms with Gasteiger partial charge in [-0.1, -0.05) is 0 Å².